The first kappa shape index (κ1) is 6.36. The standard InChI is InChI=1S/C9H9N2/c1-4-10-5-2-8(1)9-3-6-11-7-9/h1-2,4-5,9H,3,6H2/q+1. The Hall–Kier alpha value is -1.36. The molecule has 1 aliphatic heterocycles. The van der Waals surface area contributed by atoms with Gasteiger partial charge in [0.1, 0.15) is 5.92 Å². The summed E-state index contributed by atoms with van der Waals surface area (Å²) in [6, 6.07) is 7.12. The third-order valence-corrected chi connectivity index (χ3v) is 1.89. The Morgan fingerprint density at radius 3 is 2.91 bits per heavy atom. The molecule has 54 valence electrons. The van der Waals surface area contributed by atoms with Gasteiger partial charge in [-0.3, -0.25) is 4.98 Å². The summed E-state index contributed by atoms with van der Waals surface area (Å²) in [7, 11) is 0. The molecule has 0 bridgehead atoms. The van der Waals surface area contributed by atoms with E-state index in [1.165, 1.54) is 5.56 Å². The Kier molecular flexibility index (Phi) is 1.57. The first-order valence-corrected chi connectivity index (χ1v) is 3.79. The first-order valence-electron chi connectivity index (χ1n) is 3.79. The van der Waals surface area contributed by atoms with E-state index in [4.69, 9.17) is 0 Å². The first-order chi connectivity index (χ1) is 5.47. The zero-order valence-electron chi connectivity index (χ0n) is 6.20. The van der Waals surface area contributed by atoms with Crippen molar-refractivity contribution in [1.29, 1.82) is 0 Å². The van der Waals surface area contributed by atoms with E-state index in [1.807, 2.05) is 24.5 Å². The Balaban J connectivity index is 2.25. The van der Waals surface area contributed by atoms with Crippen LogP contribution < -0.4 is 0 Å². The lowest BCUT2D eigenvalue weighted by molar-refractivity contribution is 0.841. The lowest BCUT2D eigenvalue weighted by Gasteiger charge is -1.97. The molecule has 0 saturated carbocycles. The van der Waals surface area contributed by atoms with Gasteiger partial charge in [0.05, 0.1) is 0 Å². The van der Waals surface area contributed by atoms with Crippen molar-refractivity contribution < 1.29 is 0 Å². The molecular formula is C9H9N2+. The SMILES string of the molecule is C1#[N+]CCC1c1ccncc1. The minimum absolute atomic E-state index is 0.415. The van der Waals surface area contributed by atoms with Gasteiger partial charge in [-0.1, -0.05) is 4.85 Å². The molecule has 2 rings (SSSR count). The molecule has 0 aromatic carbocycles. The van der Waals surface area contributed by atoms with Crippen molar-refractivity contribution in [3.63, 3.8) is 0 Å². The van der Waals surface area contributed by atoms with Crippen molar-refractivity contribution >= 4 is 0 Å². The molecule has 0 aliphatic carbocycles. The number of aromatic nitrogens is 1. The van der Waals surface area contributed by atoms with Crippen molar-refractivity contribution in [3.05, 3.63) is 34.9 Å². The predicted molar refractivity (Wildman–Crippen MR) is 43.7 cm³/mol. The predicted octanol–water partition coefficient (Wildman–Crippen LogP) is 1.90. The van der Waals surface area contributed by atoms with Crippen LogP contribution in [0.4, 0.5) is 0 Å². The normalized spacial score (nSPS) is 20.9. The van der Waals surface area contributed by atoms with Crippen LogP contribution in [0.2, 0.25) is 0 Å². The topological polar surface area (TPSA) is 17.2 Å². The van der Waals surface area contributed by atoms with Gasteiger partial charge < -0.3 is 0 Å². The second-order valence-electron chi connectivity index (χ2n) is 2.63. The second kappa shape index (κ2) is 2.71. The van der Waals surface area contributed by atoms with E-state index in [9.17, 15) is 0 Å². The van der Waals surface area contributed by atoms with Gasteiger partial charge in [-0.05, 0) is 17.7 Å². The van der Waals surface area contributed by atoms with E-state index >= 15 is 0 Å². The fourth-order valence-electron chi connectivity index (χ4n) is 1.27. The van der Waals surface area contributed by atoms with E-state index in [-0.39, 0.29) is 0 Å². The Bertz CT molecular complexity index is 294. The maximum absolute atomic E-state index is 4.07. The molecular weight excluding hydrogens is 136 g/mol. The van der Waals surface area contributed by atoms with Crippen molar-refractivity contribution in [2.75, 3.05) is 6.54 Å². The van der Waals surface area contributed by atoms with Crippen LogP contribution >= 0.6 is 0 Å². The van der Waals surface area contributed by atoms with Gasteiger partial charge in [-0.2, -0.15) is 0 Å². The van der Waals surface area contributed by atoms with E-state index in [1.54, 1.807) is 0 Å². The summed E-state index contributed by atoms with van der Waals surface area (Å²) >= 11 is 0. The van der Waals surface area contributed by atoms with Crippen LogP contribution in [0, 0.1) is 6.07 Å². The number of hydrogen-bond donors (Lipinski definition) is 0. The van der Waals surface area contributed by atoms with E-state index in [0.29, 0.717) is 5.92 Å². The molecule has 1 aromatic rings. The van der Waals surface area contributed by atoms with Gasteiger partial charge in [0.15, 0.2) is 0 Å². The molecule has 0 spiro atoms. The third-order valence-electron chi connectivity index (χ3n) is 1.89. The number of rotatable bonds is 1. The summed E-state index contributed by atoms with van der Waals surface area (Å²) in [5.74, 6) is 0.415. The Labute approximate surface area is 65.7 Å². The molecule has 0 fully saturated rings. The van der Waals surface area contributed by atoms with Gasteiger partial charge in [-0.15, -0.1) is 0 Å². The van der Waals surface area contributed by atoms with Crippen LogP contribution in [0.1, 0.15) is 17.9 Å². The quantitative estimate of drug-likeness (QED) is 0.590. The average Bonchev–Trinajstić information content (AvgIpc) is 2.58. The fourth-order valence-corrected chi connectivity index (χ4v) is 1.27. The van der Waals surface area contributed by atoms with Gasteiger partial charge >= 0.3 is 0 Å². The maximum Gasteiger partial charge on any atom is 0.281 e. The van der Waals surface area contributed by atoms with Crippen molar-refractivity contribution in [1.82, 2.24) is 4.98 Å². The van der Waals surface area contributed by atoms with Crippen LogP contribution in [-0.2, 0) is 0 Å². The summed E-state index contributed by atoms with van der Waals surface area (Å²) in [4.78, 5) is 8.03. The van der Waals surface area contributed by atoms with Crippen LogP contribution in [0.25, 0.3) is 4.85 Å². The lowest BCUT2D eigenvalue weighted by atomic mass is 10.0. The largest absolute Gasteiger partial charge is 0.281 e. The monoisotopic (exact) mass is 145 g/mol. The van der Waals surface area contributed by atoms with Gasteiger partial charge in [0.2, 0.25) is 0 Å². The maximum atomic E-state index is 4.07. The number of pyridine rings is 1. The van der Waals surface area contributed by atoms with Crippen LogP contribution in [0.15, 0.2) is 24.5 Å². The fraction of sp³-hybridized carbons (Fsp3) is 0.333. The lowest BCUT2D eigenvalue weighted by Crippen LogP contribution is -1.92. The van der Waals surface area contributed by atoms with Gasteiger partial charge in [0.25, 0.3) is 12.6 Å². The molecule has 2 nitrogen and oxygen atoms in total. The molecule has 0 saturated heterocycles. The van der Waals surface area contributed by atoms with Crippen molar-refractivity contribution in [3.8, 4) is 6.07 Å². The Morgan fingerprint density at radius 2 is 2.27 bits per heavy atom. The molecule has 0 amide bonds. The molecule has 0 radical (unpaired) electrons. The summed E-state index contributed by atoms with van der Waals surface area (Å²) < 4.78 is 0. The highest BCUT2D eigenvalue weighted by Gasteiger charge is 2.20. The second-order valence-corrected chi connectivity index (χ2v) is 2.63. The summed E-state index contributed by atoms with van der Waals surface area (Å²) in [5, 5.41) is 0. The van der Waals surface area contributed by atoms with Crippen LogP contribution in [0.3, 0.4) is 0 Å². The van der Waals surface area contributed by atoms with Gasteiger partial charge in [0, 0.05) is 18.8 Å². The summed E-state index contributed by atoms with van der Waals surface area (Å²) in [6.45, 7) is 0.924. The molecule has 1 atom stereocenters. The van der Waals surface area contributed by atoms with Crippen molar-refractivity contribution in [2.45, 2.75) is 12.3 Å². The summed E-state index contributed by atoms with van der Waals surface area (Å²) in [6.07, 6.45) is 4.73. The molecule has 1 unspecified atom stereocenters. The molecule has 2 heterocycles. The smallest absolute Gasteiger partial charge is 0.265 e. The zero-order valence-corrected chi connectivity index (χ0v) is 6.20. The third kappa shape index (κ3) is 1.22. The minimum Gasteiger partial charge on any atom is -0.265 e. The van der Waals surface area contributed by atoms with E-state index in [0.717, 1.165) is 13.0 Å². The molecule has 1 aliphatic rings. The van der Waals surface area contributed by atoms with Crippen LogP contribution in [-0.4, -0.2) is 11.5 Å². The van der Waals surface area contributed by atoms with Crippen molar-refractivity contribution in [2.24, 2.45) is 0 Å². The van der Waals surface area contributed by atoms with Gasteiger partial charge in [-0.25, -0.2) is 0 Å². The highest BCUT2D eigenvalue weighted by molar-refractivity contribution is 5.26. The molecule has 11 heavy (non-hydrogen) atoms. The molecule has 2 heteroatoms. The average molecular weight is 145 g/mol. The zero-order chi connectivity index (χ0) is 7.52. The summed E-state index contributed by atoms with van der Waals surface area (Å²) in [5.41, 5.74) is 1.28. The Morgan fingerprint density at radius 1 is 1.45 bits per heavy atom. The van der Waals surface area contributed by atoms with Crippen LogP contribution in [0.5, 0.6) is 0 Å². The molecule has 0 N–H and O–H groups in total. The highest BCUT2D eigenvalue weighted by atomic mass is 14.7. The van der Waals surface area contributed by atoms with E-state index in [2.05, 4.69) is 15.9 Å². The highest BCUT2D eigenvalue weighted by Crippen LogP contribution is 2.21. The number of nitrogens with zero attached hydrogens (tertiary/aromatic N) is 2. The number of hydrogen-bond acceptors (Lipinski definition) is 1. The van der Waals surface area contributed by atoms with E-state index < -0.39 is 0 Å². The minimum atomic E-state index is 0.415. The molecule has 1 aromatic heterocycles.